The zero-order chi connectivity index (χ0) is 19.1. The molecule has 26 heavy (non-hydrogen) atoms. The van der Waals surface area contributed by atoms with Crippen LogP contribution in [0.4, 0.5) is 13.2 Å². The Labute approximate surface area is 150 Å². The van der Waals surface area contributed by atoms with Crippen molar-refractivity contribution in [1.29, 1.82) is 0 Å². The lowest BCUT2D eigenvalue weighted by molar-refractivity contribution is -0.137. The average Bonchev–Trinajstić information content (AvgIpc) is 2.51. The Bertz CT molecular complexity index is 800. The molecule has 1 aliphatic rings. The molecule has 2 aromatic rings. The highest BCUT2D eigenvalue weighted by molar-refractivity contribution is 5.49. The smallest absolute Gasteiger partial charge is 0.416 e. The molecule has 2 N–H and O–H groups in total. The van der Waals surface area contributed by atoms with Gasteiger partial charge in [-0.3, -0.25) is 5.73 Å². The molecule has 0 saturated heterocycles. The third-order valence-electron chi connectivity index (χ3n) is 4.38. The molecule has 0 saturated carbocycles. The SMILES string of the molecule is CC(N)Oc1ccc2c(c1)OC(C)(C)CC2c1cccc(C(F)(F)F)c1. The number of hydrogen-bond donors (Lipinski definition) is 1. The fourth-order valence-corrected chi connectivity index (χ4v) is 3.35. The van der Waals surface area contributed by atoms with Crippen molar-refractivity contribution in [2.45, 2.75) is 51.1 Å². The molecule has 1 heterocycles. The summed E-state index contributed by atoms with van der Waals surface area (Å²) in [5, 5.41) is 0. The molecule has 0 radical (unpaired) electrons. The maximum Gasteiger partial charge on any atom is 0.416 e. The predicted molar refractivity (Wildman–Crippen MR) is 93.3 cm³/mol. The average molecular weight is 365 g/mol. The van der Waals surface area contributed by atoms with E-state index in [0.717, 1.165) is 11.6 Å². The summed E-state index contributed by atoms with van der Waals surface area (Å²) >= 11 is 0. The maximum atomic E-state index is 13.1. The van der Waals surface area contributed by atoms with E-state index < -0.39 is 23.6 Å². The van der Waals surface area contributed by atoms with Gasteiger partial charge in [0, 0.05) is 17.5 Å². The zero-order valence-corrected chi connectivity index (χ0v) is 14.9. The summed E-state index contributed by atoms with van der Waals surface area (Å²) in [6.45, 7) is 5.57. The molecule has 140 valence electrons. The van der Waals surface area contributed by atoms with Crippen LogP contribution in [0.15, 0.2) is 42.5 Å². The van der Waals surface area contributed by atoms with E-state index >= 15 is 0 Å². The van der Waals surface area contributed by atoms with Crippen LogP contribution in [-0.4, -0.2) is 11.8 Å². The van der Waals surface area contributed by atoms with Crippen LogP contribution in [0.3, 0.4) is 0 Å². The molecule has 2 unspecified atom stereocenters. The molecule has 2 atom stereocenters. The van der Waals surface area contributed by atoms with E-state index in [4.69, 9.17) is 15.2 Å². The Morgan fingerprint density at radius 2 is 1.92 bits per heavy atom. The van der Waals surface area contributed by atoms with E-state index in [9.17, 15) is 13.2 Å². The van der Waals surface area contributed by atoms with E-state index in [1.54, 1.807) is 25.1 Å². The van der Waals surface area contributed by atoms with Gasteiger partial charge in [-0.1, -0.05) is 24.3 Å². The van der Waals surface area contributed by atoms with Crippen molar-refractivity contribution in [2.24, 2.45) is 5.73 Å². The fourth-order valence-electron chi connectivity index (χ4n) is 3.35. The van der Waals surface area contributed by atoms with Crippen molar-refractivity contribution in [1.82, 2.24) is 0 Å². The van der Waals surface area contributed by atoms with E-state index in [2.05, 4.69) is 0 Å². The van der Waals surface area contributed by atoms with Gasteiger partial charge in [-0.25, -0.2) is 0 Å². The van der Waals surface area contributed by atoms with Crippen molar-refractivity contribution in [2.75, 3.05) is 0 Å². The minimum Gasteiger partial charge on any atom is -0.487 e. The van der Waals surface area contributed by atoms with Gasteiger partial charge in [-0.2, -0.15) is 13.2 Å². The van der Waals surface area contributed by atoms with E-state index in [1.165, 1.54) is 12.1 Å². The molecule has 3 nitrogen and oxygen atoms in total. The minimum atomic E-state index is -4.37. The first kappa shape index (κ1) is 18.6. The molecular formula is C20H22F3NO2. The van der Waals surface area contributed by atoms with Crippen molar-refractivity contribution < 1.29 is 22.6 Å². The number of alkyl halides is 3. The summed E-state index contributed by atoms with van der Waals surface area (Å²) < 4.78 is 50.9. The van der Waals surface area contributed by atoms with Gasteiger partial charge in [-0.05, 0) is 44.9 Å². The van der Waals surface area contributed by atoms with Crippen LogP contribution in [0.1, 0.15) is 49.8 Å². The lowest BCUT2D eigenvalue weighted by atomic mass is 9.79. The van der Waals surface area contributed by atoms with Gasteiger partial charge in [0.15, 0.2) is 0 Å². The first-order chi connectivity index (χ1) is 12.0. The van der Waals surface area contributed by atoms with E-state index in [0.29, 0.717) is 23.5 Å². The molecule has 0 fully saturated rings. The monoisotopic (exact) mass is 365 g/mol. The predicted octanol–water partition coefficient (Wildman–Crippen LogP) is 5.08. The number of ether oxygens (including phenoxy) is 2. The van der Waals surface area contributed by atoms with Crippen LogP contribution in [0.5, 0.6) is 11.5 Å². The minimum absolute atomic E-state index is 0.194. The second kappa shape index (κ2) is 6.50. The molecule has 1 aliphatic heterocycles. The normalized spacial score (nSPS) is 20.0. The van der Waals surface area contributed by atoms with Crippen LogP contribution in [-0.2, 0) is 6.18 Å². The van der Waals surface area contributed by atoms with Crippen LogP contribution >= 0.6 is 0 Å². The van der Waals surface area contributed by atoms with Crippen molar-refractivity contribution in [3.63, 3.8) is 0 Å². The summed E-state index contributed by atoms with van der Waals surface area (Å²) in [5.74, 6) is 0.987. The Hall–Kier alpha value is -2.21. The number of fused-ring (bicyclic) bond motifs is 1. The number of nitrogens with two attached hydrogens (primary N) is 1. The van der Waals surface area contributed by atoms with Crippen LogP contribution < -0.4 is 15.2 Å². The molecule has 0 spiro atoms. The third-order valence-corrected chi connectivity index (χ3v) is 4.38. The topological polar surface area (TPSA) is 44.5 Å². The number of halogens is 3. The van der Waals surface area contributed by atoms with E-state index in [1.807, 2.05) is 19.9 Å². The lowest BCUT2D eigenvalue weighted by Gasteiger charge is -2.38. The molecule has 3 rings (SSSR count). The highest BCUT2D eigenvalue weighted by atomic mass is 19.4. The number of benzene rings is 2. The Kier molecular flexibility index (Phi) is 4.65. The first-order valence-electron chi connectivity index (χ1n) is 8.47. The maximum absolute atomic E-state index is 13.1. The van der Waals surface area contributed by atoms with Crippen LogP contribution in [0, 0.1) is 0 Å². The fraction of sp³-hybridized carbons (Fsp3) is 0.400. The lowest BCUT2D eigenvalue weighted by Crippen LogP contribution is -2.35. The zero-order valence-electron chi connectivity index (χ0n) is 14.9. The summed E-state index contributed by atoms with van der Waals surface area (Å²) in [7, 11) is 0. The number of rotatable bonds is 3. The second-order valence-electron chi connectivity index (χ2n) is 7.26. The molecule has 0 amide bonds. The second-order valence-corrected chi connectivity index (χ2v) is 7.26. The first-order valence-corrected chi connectivity index (χ1v) is 8.47. The standard InChI is InChI=1S/C20H22F3NO2/c1-12(24)25-15-7-8-16-17(11-19(2,3)26-18(16)10-15)13-5-4-6-14(9-13)20(21,22)23/h4-10,12,17H,11,24H2,1-3H3. The Morgan fingerprint density at radius 3 is 2.58 bits per heavy atom. The molecule has 0 aliphatic carbocycles. The largest absolute Gasteiger partial charge is 0.487 e. The molecular weight excluding hydrogens is 343 g/mol. The highest BCUT2D eigenvalue weighted by Gasteiger charge is 2.36. The van der Waals surface area contributed by atoms with Gasteiger partial charge >= 0.3 is 6.18 Å². The van der Waals surface area contributed by atoms with Crippen LogP contribution in [0.2, 0.25) is 0 Å². The summed E-state index contributed by atoms with van der Waals surface area (Å²) in [6, 6.07) is 10.9. The van der Waals surface area contributed by atoms with Gasteiger partial charge in [0.05, 0.1) is 5.56 Å². The van der Waals surface area contributed by atoms with E-state index in [-0.39, 0.29) is 5.92 Å². The summed E-state index contributed by atoms with van der Waals surface area (Å²) in [5.41, 5.74) is 5.98. The van der Waals surface area contributed by atoms with Gasteiger partial charge < -0.3 is 9.47 Å². The molecule has 2 aromatic carbocycles. The van der Waals surface area contributed by atoms with Gasteiger partial charge in [0.25, 0.3) is 0 Å². The summed E-state index contributed by atoms with van der Waals surface area (Å²) in [4.78, 5) is 0. The van der Waals surface area contributed by atoms with Gasteiger partial charge in [0.1, 0.15) is 23.3 Å². The molecule has 0 bridgehead atoms. The Morgan fingerprint density at radius 1 is 1.19 bits per heavy atom. The van der Waals surface area contributed by atoms with Gasteiger partial charge in [-0.15, -0.1) is 0 Å². The molecule has 6 heteroatoms. The van der Waals surface area contributed by atoms with Crippen molar-refractivity contribution >= 4 is 0 Å². The molecule has 0 aromatic heterocycles. The summed E-state index contributed by atoms with van der Waals surface area (Å²) in [6.07, 6.45) is -4.26. The van der Waals surface area contributed by atoms with Crippen molar-refractivity contribution in [3.05, 3.63) is 59.2 Å². The van der Waals surface area contributed by atoms with Crippen molar-refractivity contribution in [3.8, 4) is 11.5 Å². The highest BCUT2D eigenvalue weighted by Crippen LogP contribution is 2.46. The third kappa shape index (κ3) is 3.96. The van der Waals surface area contributed by atoms with Gasteiger partial charge in [0.2, 0.25) is 0 Å². The Balaban J connectivity index is 2.04. The quantitative estimate of drug-likeness (QED) is 0.771. The number of hydrogen-bond acceptors (Lipinski definition) is 3. The van der Waals surface area contributed by atoms with Crippen LogP contribution in [0.25, 0.3) is 0 Å².